The molecule has 1 fully saturated rings. The Hall–Kier alpha value is -1.51. The molecule has 0 radical (unpaired) electrons. The van der Waals surface area contributed by atoms with E-state index in [2.05, 4.69) is 13.8 Å². The SMILES string of the molecule is COc1ccc(C2(C(=O)O)CC(C)(C)C2)cc1. The van der Waals surface area contributed by atoms with Crippen LogP contribution in [-0.4, -0.2) is 18.2 Å². The molecule has 3 nitrogen and oxygen atoms in total. The molecule has 0 aliphatic heterocycles. The fourth-order valence-electron chi connectivity index (χ4n) is 2.97. The maximum absolute atomic E-state index is 11.5. The van der Waals surface area contributed by atoms with Crippen molar-refractivity contribution in [2.24, 2.45) is 5.41 Å². The van der Waals surface area contributed by atoms with Crippen molar-refractivity contribution in [3.8, 4) is 5.75 Å². The van der Waals surface area contributed by atoms with Crippen LogP contribution >= 0.6 is 0 Å². The van der Waals surface area contributed by atoms with Crippen molar-refractivity contribution < 1.29 is 14.6 Å². The lowest BCUT2D eigenvalue weighted by atomic mass is 9.52. The van der Waals surface area contributed by atoms with Gasteiger partial charge in [-0.25, -0.2) is 0 Å². The van der Waals surface area contributed by atoms with E-state index in [4.69, 9.17) is 4.74 Å². The van der Waals surface area contributed by atoms with Crippen molar-refractivity contribution in [2.75, 3.05) is 7.11 Å². The summed E-state index contributed by atoms with van der Waals surface area (Å²) < 4.78 is 5.09. The standard InChI is InChI=1S/C14H18O3/c1-13(2)8-14(9-13,12(15)16)10-4-6-11(17-3)7-5-10/h4-7H,8-9H2,1-3H3,(H,15,16). The van der Waals surface area contributed by atoms with Gasteiger partial charge >= 0.3 is 5.97 Å². The van der Waals surface area contributed by atoms with Gasteiger partial charge in [-0.3, -0.25) is 4.79 Å². The van der Waals surface area contributed by atoms with Gasteiger partial charge in [0.25, 0.3) is 0 Å². The van der Waals surface area contributed by atoms with E-state index in [1.54, 1.807) is 7.11 Å². The summed E-state index contributed by atoms with van der Waals surface area (Å²) in [6.45, 7) is 4.22. The minimum Gasteiger partial charge on any atom is -0.497 e. The number of methoxy groups -OCH3 is 1. The molecule has 1 saturated carbocycles. The molecule has 0 amide bonds. The van der Waals surface area contributed by atoms with E-state index in [0.717, 1.165) is 11.3 Å². The third-order valence-electron chi connectivity index (χ3n) is 3.61. The topological polar surface area (TPSA) is 46.5 Å². The summed E-state index contributed by atoms with van der Waals surface area (Å²) in [5.41, 5.74) is 0.304. The van der Waals surface area contributed by atoms with E-state index in [9.17, 15) is 9.90 Å². The number of carbonyl (C=O) groups is 1. The summed E-state index contributed by atoms with van der Waals surface area (Å²) in [7, 11) is 1.61. The number of hydrogen-bond acceptors (Lipinski definition) is 2. The summed E-state index contributed by atoms with van der Waals surface area (Å²) in [5, 5.41) is 9.46. The average molecular weight is 234 g/mol. The minimum atomic E-state index is -0.720. The lowest BCUT2D eigenvalue weighted by Crippen LogP contribution is -2.52. The molecule has 3 heteroatoms. The molecule has 17 heavy (non-hydrogen) atoms. The number of benzene rings is 1. The van der Waals surface area contributed by atoms with Gasteiger partial charge in [0.15, 0.2) is 0 Å². The monoisotopic (exact) mass is 234 g/mol. The number of aliphatic carboxylic acids is 1. The first kappa shape index (κ1) is 12.0. The van der Waals surface area contributed by atoms with Crippen LogP contribution < -0.4 is 4.74 Å². The van der Waals surface area contributed by atoms with E-state index in [-0.39, 0.29) is 5.41 Å². The third kappa shape index (κ3) is 1.90. The second-order valence-corrected chi connectivity index (χ2v) is 5.63. The van der Waals surface area contributed by atoms with Gasteiger partial charge in [0.2, 0.25) is 0 Å². The molecule has 0 heterocycles. The zero-order chi connectivity index (χ0) is 12.7. The molecule has 0 bridgehead atoms. The predicted octanol–water partition coefficient (Wildman–Crippen LogP) is 2.84. The molecule has 0 aromatic heterocycles. The van der Waals surface area contributed by atoms with Crippen LogP contribution in [0.2, 0.25) is 0 Å². The highest BCUT2D eigenvalue weighted by Crippen LogP contribution is 2.55. The maximum atomic E-state index is 11.5. The number of carboxylic acid groups (broad SMARTS) is 1. The van der Waals surface area contributed by atoms with Gasteiger partial charge in [-0.1, -0.05) is 26.0 Å². The lowest BCUT2D eigenvalue weighted by Gasteiger charge is -2.50. The Morgan fingerprint density at radius 1 is 1.24 bits per heavy atom. The van der Waals surface area contributed by atoms with Gasteiger partial charge < -0.3 is 9.84 Å². The minimum absolute atomic E-state index is 0.123. The summed E-state index contributed by atoms with van der Waals surface area (Å²) in [6.07, 6.45) is 1.39. The molecule has 0 spiro atoms. The first-order valence-corrected chi connectivity index (χ1v) is 5.78. The molecule has 1 N–H and O–H groups in total. The van der Waals surface area contributed by atoms with Gasteiger partial charge in [0.05, 0.1) is 12.5 Å². The Balaban J connectivity index is 2.32. The number of carboxylic acids is 1. The molecular formula is C14H18O3. The first-order valence-electron chi connectivity index (χ1n) is 5.78. The second kappa shape index (κ2) is 3.76. The number of ether oxygens (including phenoxy) is 1. The van der Waals surface area contributed by atoms with Crippen LogP contribution in [0.1, 0.15) is 32.3 Å². The normalized spacial score (nSPS) is 20.4. The largest absolute Gasteiger partial charge is 0.497 e. The smallest absolute Gasteiger partial charge is 0.314 e. The summed E-state index contributed by atoms with van der Waals surface area (Å²) in [6, 6.07) is 7.38. The molecule has 1 aliphatic rings. The van der Waals surface area contributed by atoms with Gasteiger partial charge in [-0.05, 0) is 36.0 Å². The van der Waals surface area contributed by atoms with Crippen molar-refractivity contribution in [3.63, 3.8) is 0 Å². The predicted molar refractivity (Wildman–Crippen MR) is 65.3 cm³/mol. The van der Waals surface area contributed by atoms with Crippen molar-refractivity contribution in [2.45, 2.75) is 32.1 Å². The first-order chi connectivity index (χ1) is 7.89. The zero-order valence-electron chi connectivity index (χ0n) is 10.5. The molecular weight excluding hydrogens is 216 g/mol. The van der Waals surface area contributed by atoms with Crippen LogP contribution in [0.25, 0.3) is 0 Å². The van der Waals surface area contributed by atoms with Crippen molar-refractivity contribution in [3.05, 3.63) is 29.8 Å². The Labute approximate surface area is 101 Å². The van der Waals surface area contributed by atoms with E-state index in [1.807, 2.05) is 24.3 Å². The van der Waals surface area contributed by atoms with Gasteiger partial charge in [-0.2, -0.15) is 0 Å². The number of rotatable bonds is 3. The van der Waals surface area contributed by atoms with Gasteiger partial charge in [-0.15, -0.1) is 0 Å². The highest BCUT2D eigenvalue weighted by Gasteiger charge is 2.55. The summed E-state index contributed by atoms with van der Waals surface area (Å²) in [4.78, 5) is 11.5. The van der Waals surface area contributed by atoms with Gasteiger partial charge in [0.1, 0.15) is 5.75 Å². The lowest BCUT2D eigenvalue weighted by molar-refractivity contribution is -0.153. The molecule has 0 unspecified atom stereocenters. The van der Waals surface area contributed by atoms with Gasteiger partial charge in [0, 0.05) is 0 Å². The van der Waals surface area contributed by atoms with E-state index >= 15 is 0 Å². The van der Waals surface area contributed by atoms with Crippen LogP contribution in [0.15, 0.2) is 24.3 Å². The zero-order valence-corrected chi connectivity index (χ0v) is 10.5. The van der Waals surface area contributed by atoms with E-state index < -0.39 is 11.4 Å². The second-order valence-electron chi connectivity index (χ2n) is 5.63. The van der Waals surface area contributed by atoms with Crippen LogP contribution in [-0.2, 0) is 10.2 Å². The molecule has 1 aromatic rings. The molecule has 1 aliphatic carbocycles. The molecule has 2 rings (SSSR count). The van der Waals surface area contributed by atoms with Crippen molar-refractivity contribution >= 4 is 5.97 Å². The Morgan fingerprint density at radius 3 is 2.12 bits per heavy atom. The van der Waals surface area contributed by atoms with E-state index in [0.29, 0.717) is 12.8 Å². The highest BCUT2D eigenvalue weighted by molar-refractivity contribution is 5.83. The molecule has 92 valence electrons. The fraction of sp³-hybridized carbons (Fsp3) is 0.500. The molecule has 0 saturated heterocycles. The van der Waals surface area contributed by atoms with Crippen molar-refractivity contribution in [1.82, 2.24) is 0 Å². The molecule has 1 aromatic carbocycles. The fourth-order valence-corrected chi connectivity index (χ4v) is 2.97. The van der Waals surface area contributed by atoms with Crippen LogP contribution in [0.4, 0.5) is 0 Å². The Morgan fingerprint density at radius 2 is 1.76 bits per heavy atom. The highest BCUT2D eigenvalue weighted by atomic mass is 16.5. The summed E-state index contributed by atoms with van der Waals surface area (Å²) in [5.74, 6) is 0.0369. The number of hydrogen-bond donors (Lipinski definition) is 1. The van der Waals surface area contributed by atoms with Crippen LogP contribution in [0.5, 0.6) is 5.75 Å². The van der Waals surface area contributed by atoms with Crippen LogP contribution in [0, 0.1) is 5.41 Å². The maximum Gasteiger partial charge on any atom is 0.314 e. The average Bonchev–Trinajstić information content (AvgIpc) is 2.25. The van der Waals surface area contributed by atoms with Crippen molar-refractivity contribution in [1.29, 1.82) is 0 Å². The summed E-state index contributed by atoms with van der Waals surface area (Å²) >= 11 is 0. The van der Waals surface area contributed by atoms with E-state index in [1.165, 1.54) is 0 Å². The molecule has 0 atom stereocenters. The quantitative estimate of drug-likeness (QED) is 0.874. The third-order valence-corrected chi connectivity index (χ3v) is 3.61. The Bertz CT molecular complexity index is 423. The Kier molecular flexibility index (Phi) is 2.64. The van der Waals surface area contributed by atoms with Crippen LogP contribution in [0.3, 0.4) is 0 Å².